The molecule has 0 saturated heterocycles. The Balaban J connectivity index is 2.68. The summed E-state index contributed by atoms with van der Waals surface area (Å²) in [5.41, 5.74) is 12.6. The summed E-state index contributed by atoms with van der Waals surface area (Å²) >= 11 is 3.40. The van der Waals surface area contributed by atoms with Gasteiger partial charge in [-0.25, -0.2) is 0 Å². The molecule has 0 aromatic heterocycles. The average molecular weight is 271 g/mol. The first kappa shape index (κ1) is 10.3. The Hall–Kier alpha value is -1.23. The van der Waals surface area contributed by atoms with Crippen molar-refractivity contribution in [1.82, 2.24) is 0 Å². The van der Waals surface area contributed by atoms with E-state index < -0.39 is 5.91 Å². The van der Waals surface area contributed by atoms with Gasteiger partial charge in [0.2, 0.25) is 0 Å². The number of hydrogen-bond acceptors (Lipinski definition) is 3. The van der Waals surface area contributed by atoms with E-state index >= 15 is 0 Å². The number of nitrogens with two attached hydrogens (primary N) is 2. The summed E-state index contributed by atoms with van der Waals surface area (Å²) in [7, 11) is 0. The lowest BCUT2D eigenvalue weighted by atomic mass is 10.0. The van der Waals surface area contributed by atoms with Gasteiger partial charge in [0, 0.05) is 15.7 Å². The van der Waals surface area contributed by atoms with Crippen LogP contribution >= 0.6 is 15.9 Å². The molecule has 0 unspecified atom stereocenters. The predicted molar refractivity (Wildman–Crippen MR) is 60.9 cm³/mol. The van der Waals surface area contributed by atoms with E-state index in [2.05, 4.69) is 15.9 Å². The maximum Gasteiger partial charge on any atom is 0.254 e. The van der Waals surface area contributed by atoms with Crippen molar-refractivity contribution in [3.63, 3.8) is 0 Å². The molecule has 1 aromatic carbocycles. The molecule has 4 nitrogen and oxygen atoms in total. The highest BCUT2D eigenvalue weighted by Crippen LogP contribution is 2.37. The number of fused-ring (bicyclic) bond motifs is 1. The fourth-order valence-corrected chi connectivity index (χ4v) is 2.38. The number of hydrogen-bond donors (Lipinski definition) is 2. The van der Waals surface area contributed by atoms with Gasteiger partial charge in [0.05, 0.1) is 6.61 Å². The molecule has 0 bridgehead atoms. The zero-order valence-corrected chi connectivity index (χ0v) is 9.63. The maximum atomic E-state index is 11.3. The highest BCUT2D eigenvalue weighted by molar-refractivity contribution is 9.10. The first-order valence-corrected chi connectivity index (χ1v) is 5.44. The largest absolute Gasteiger partial charge is 0.492 e. The van der Waals surface area contributed by atoms with Crippen molar-refractivity contribution < 1.29 is 9.53 Å². The Labute approximate surface area is 95.7 Å². The van der Waals surface area contributed by atoms with Crippen LogP contribution in [0.4, 0.5) is 5.69 Å². The molecule has 0 radical (unpaired) electrons. The molecule has 1 aliphatic rings. The Morgan fingerprint density at radius 3 is 2.93 bits per heavy atom. The molecule has 1 amide bonds. The monoisotopic (exact) mass is 270 g/mol. The zero-order chi connectivity index (χ0) is 11.0. The van der Waals surface area contributed by atoms with Gasteiger partial charge in [-0.1, -0.05) is 15.9 Å². The number of ether oxygens (including phenoxy) is 1. The van der Waals surface area contributed by atoms with Crippen LogP contribution in [0.2, 0.25) is 0 Å². The van der Waals surface area contributed by atoms with Crippen molar-refractivity contribution in [3.05, 3.63) is 21.7 Å². The highest BCUT2D eigenvalue weighted by atomic mass is 79.9. The number of nitrogen functional groups attached to an aromatic ring is 1. The van der Waals surface area contributed by atoms with Crippen molar-refractivity contribution in [2.45, 2.75) is 12.8 Å². The number of amides is 1. The number of anilines is 1. The van der Waals surface area contributed by atoms with Crippen LogP contribution in [0.15, 0.2) is 10.5 Å². The molecule has 15 heavy (non-hydrogen) atoms. The third kappa shape index (κ3) is 1.67. The minimum Gasteiger partial charge on any atom is -0.492 e. The molecular formula is C10H11BrN2O2. The number of rotatable bonds is 1. The van der Waals surface area contributed by atoms with Gasteiger partial charge in [-0.2, -0.15) is 0 Å². The topological polar surface area (TPSA) is 78.3 Å². The van der Waals surface area contributed by atoms with E-state index in [0.717, 1.165) is 22.9 Å². The molecule has 0 aliphatic carbocycles. The number of primary amides is 1. The average Bonchev–Trinajstić information content (AvgIpc) is 2.17. The fourth-order valence-electron chi connectivity index (χ4n) is 1.76. The number of carbonyl (C=O) groups excluding carboxylic acids is 1. The SMILES string of the molecule is NC(=O)c1c(N)cc(Br)c2c1OCCC2. The van der Waals surface area contributed by atoms with E-state index in [1.165, 1.54) is 0 Å². The van der Waals surface area contributed by atoms with Crippen molar-refractivity contribution in [2.75, 3.05) is 12.3 Å². The van der Waals surface area contributed by atoms with Gasteiger partial charge < -0.3 is 16.2 Å². The van der Waals surface area contributed by atoms with Crippen LogP contribution in [0.5, 0.6) is 5.75 Å². The number of carbonyl (C=O) groups is 1. The Morgan fingerprint density at radius 1 is 1.53 bits per heavy atom. The fraction of sp³-hybridized carbons (Fsp3) is 0.300. The van der Waals surface area contributed by atoms with Crippen molar-refractivity contribution in [1.29, 1.82) is 0 Å². The van der Waals surface area contributed by atoms with Gasteiger partial charge in [0.25, 0.3) is 5.91 Å². The molecule has 5 heteroatoms. The summed E-state index contributed by atoms with van der Waals surface area (Å²) in [6.45, 7) is 0.600. The molecule has 2 rings (SSSR count). The van der Waals surface area contributed by atoms with Gasteiger partial charge in [-0.05, 0) is 18.9 Å². The first-order valence-electron chi connectivity index (χ1n) is 4.64. The highest BCUT2D eigenvalue weighted by Gasteiger charge is 2.23. The molecule has 1 heterocycles. The lowest BCUT2D eigenvalue weighted by molar-refractivity contribution is 0.0996. The summed E-state index contributed by atoms with van der Waals surface area (Å²) in [4.78, 5) is 11.3. The quantitative estimate of drug-likeness (QED) is 0.759. The third-order valence-corrected chi connectivity index (χ3v) is 3.13. The summed E-state index contributed by atoms with van der Waals surface area (Å²) < 4.78 is 6.34. The van der Waals surface area contributed by atoms with Gasteiger partial charge >= 0.3 is 0 Å². The standard InChI is InChI=1S/C10H11BrN2O2/c11-6-4-7(12)8(10(13)14)9-5(6)2-1-3-15-9/h4H,1-3,12H2,(H2,13,14). The Kier molecular flexibility index (Phi) is 2.56. The minimum atomic E-state index is -0.543. The van der Waals surface area contributed by atoms with Crippen LogP contribution in [0, 0.1) is 0 Å². The molecule has 4 N–H and O–H groups in total. The molecule has 80 valence electrons. The minimum absolute atomic E-state index is 0.299. The van der Waals surface area contributed by atoms with E-state index in [9.17, 15) is 4.79 Å². The van der Waals surface area contributed by atoms with E-state index in [-0.39, 0.29) is 0 Å². The predicted octanol–water partition coefficient (Wildman–Crippen LogP) is 1.46. The van der Waals surface area contributed by atoms with E-state index in [0.29, 0.717) is 23.6 Å². The lowest BCUT2D eigenvalue weighted by Gasteiger charge is -2.21. The van der Waals surface area contributed by atoms with Crippen molar-refractivity contribution >= 4 is 27.5 Å². The van der Waals surface area contributed by atoms with Crippen LogP contribution in [-0.4, -0.2) is 12.5 Å². The maximum absolute atomic E-state index is 11.3. The van der Waals surface area contributed by atoms with Gasteiger partial charge in [0.15, 0.2) is 0 Å². The Morgan fingerprint density at radius 2 is 2.27 bits per heavy atom. The second-order valence-electron chi connectivity index (χ2n) is 3.45. The molecule has 0 fully saturated rings. The number of halogens is 1. The van der Waals surface area contributed by atoms with Gasteiger partial charge in [-0.15, -0.1) is 0 Å². The summed E-state index contributed by atoms with van der Waals surface area (Å²) in [6, 6.07) is 1.70. The van der Waals surface area contributed by atoms with Crippen LogP contribution in [0.25, 0.3) is 0 Å². The molecule has 0 atom stereocenters. The second-order valence-corrected chi connectivity index (χ2v) is 4.30. The second kappa shape index (κ2) is 3.73. The van der Waals surface area contributed by atoms with Crippen molar-refractivity contribution in [3.8, 4) is 5.75 Å². The van der Waals surface area contributed by atoms with Gasteiger partial charge in [-0.3, -0.25) is 4.79 Å². The lowest BCUT2D eigenvalue weighted by Crippen LogP contribution is -2.19. The molecule has 1 aliphatic heterocycles. The van der Waals surface area contributed by atoms with Crippen LogP contribution in [0.1, 0.15) is 22.3 Å². The summed E-state index contributed by atoms with van der Waals surface area (Å²) in [5.74, 6) is -0.00113. The van der Waals surface area contributed by atoms with E-state index in [1.54, 1.807) is 6.07 Å². The van der Waals surface area contributed by atoms with Crippen LogP contribution < -0.4 is 16.2 Å². The summed E-state index contributed by atoms with van der Waals surface area (Å²) in [5, 5.41) is 0. The Bertz CT molecular complexity index is 432. The normalized spacial score (nSPS) is 14.2. The molecule has 1 aromatic rings. The third-order valence-electron chi connectivity index (χ3n) is 2.42. The summed E-state index contributed by atoms with van der Waals surface area (Å²) in [6.07, 6.45) is 1.81. The van der Waals surface area contributed by atoms with Crippen LogP contribution in [-0.2, 0) is 6.42 Å². The zero-order valence-electron chi connectivity index (χ0n) is 8.05. The van der Waals surface area contributed by atoms with Gasteiger partial charge in [0.1, 0.15) is 11.3 Å². The van der Waals surface area contributed by atoms with Crippen molar-refractivity contribution in [2.24, 2.45) is 5.73 Å². The number of benzene rings is 1. The van der Waals surface area contributed by atoms with E-state index in [4.69, 9.17) is 16.2 Å². The molecular weight excluding hydrogens is 260 g/mol. The molecule has 0 saturated carbocycles. The molecule has 0 spiro atoms. The first-order chi connectivity index (χ1) is 7.11. The van der Waals surface area contributed by atoms with Crippen LogP contribution in [0.3, 0.4) is 0 Å². The van der Waals surface area contributed by atoms with E-state index in [1.807, 2.05) is 0 Å². The smallest absolute Gasteiger partial charge is 0.254 e.